The molecule has 3 rings (SSSR count). The predicted molar refractivity (Wildman–Crippen MR) is 68.1 cm³/mol. The lowest BCUT2D eigenvalue weighted by Crippen LogP contribution is -1.91. The van der Waals surface area contributed by atoms with E-state index in [0.717, 1.165) is 23.1 Å². The van der Waals surface area contributed by atoms with Gasteiger partial charge < -0.3 is 9.44 Å². The molecule has 0 spiro atoms. The minimum absolute atomic E-state index is 0.691. The number of hydrogen-bond acceptors (Lipinski definition) is 6. The van der Waals surface area contributed by atoms with Gasteiger partial charge in [-0.1, -0.05) is 11.8 Å². The van der Waals surface area contributed by atoms with E-state index in [0.29, 0.717) is 22.2 Å². The maximum atomic E-state index is 5.50. The quantitative estimate of drug-likeness (QED) is 0.548. The topological polar surface area (TPSA) is 49.8 Å². The van der Waals surface area contributed by atoms with Crippen molar-refractivity contribution in [2.75, 3.05) is 9.44 Å². The Balaban J connectivity index is 2.56. The van der Waals surface area contributed by atoms with E-state index >= 15 is 0 Å². The summed E-state index contributed by atoms with van der Waals surface area (Å²) in [6, 6.07) is 0. The number of nitrogens with zero attached hydrogens (tertiary/aromatic N) is 2. The highest BCUT2D eigenvalue weighted by atomic mass is 32.2. The van der Waals surface area contributed by atoms with Gasteiger partial charge in [-0.3, -0.25) is 0 Å². The van der Waals surface area contributed by atoms with Crippen molar-refractivity contribution in [1.82, 2.24) is 8.75 Å². The molecule has 2 heterocycles. The second-order valence-corrected chi connectivity index (χ2v) is 4.20. The summed E-state index contributed by atoms with van der Waals surface area (Å²) in [6.45, 7) is 0. The van der Waals surface area contributed by atoms with Crippen LogP contribution in [0.2, 0.25) is 0 Å². The van der Waals surface area contributed by atoms with Crippen LogP contribution >= 0.6 is 23.9 Å². The maximum absolute atomic E-state index is 5.50. The molecule has 6 heteroatoms. The van der Waals surface area contributed by atoms with Crippen LogP contribution in [0.15, 0.2) is 0 Å². The molecule has 0 fully saturated rings. The normalized spacial score (nSPS) is 12.4. The molecule has 0 radical (unpaired) electrons. The molecule has 0 amide bonds. The lowest BCUT2D eigenvalue weighted by atomic mass is 10.0. The standard InChI is InChI=1S/C10H4N4S2/c1-3-5-7-9(13-15-11-7)6(4-2)10-8(5)12-16-14-10/h1-2,11,13H. The van der Waals surface area contributed by atoms with Crippen LogP contribution in [0.5, 0.6) is 0 Å². The van der Waals surface area contributed by atoms with Gasteiger partial charge in [-0.05, 0) is 0 Å². The summed E-state index contributed by atoms with van der Waals surface area (Å²) in [4.78, 5) is 0. The van der Waals surface area contributed by atoms with Gasteiger partial charge in [-0.25, -0.2) is 0 Å². The highest BCUT2D eigenvalue weighted by Crippen LogP contribution is 2.42. The van der Waals surface area contributed by atoms with Gasteiger partial charge in [0.25, 0.3) is 0 Å². The smallest absolute Gasteiger partial charge is 0.123 e. The first kappa shape index (κ1) is 9.34. The molecule has 0 aliphatic carbocycles. The molecule has 1 aliphatic rings. The van der Waals surface area contributed by atoms with Crippen molar-refractivity contribution in [2.24, 2.45) is 0 Å². The van der Waals surface area contributed by atoms with E-state index in [1.54, 1.807) is 0 Å². The molecule has 2 aromatic rings. The molecule has 16 heavy (non-hydrogen) atoms. The van der Waals surface area contributed by atoms with Crippen LogP contribution < -0.4 is 9.44 Å². The Kier molecular flexibility index (Phi) is 1.93. The van der Waals surface area contributed by atoms with Crippen LogP contribution in [0.3, 0.4) is 0 Å². The lowest BCUT2D eigenvalue weighted by Gasteiger charge is -2.04. The average Bonchev–Trinajstić information content (AvgIpc) is 2.93. The number of nitrogens with one attached hydrogen (secondary N) is 2. The third-order valence-corrected chi connectivity index (χ3v) is 3.45. The maximum Gasteiger partial charge on any atom is 0.123 e. The van der Waals surface area contributed by atoms with E-state index in [-0.39, 0.29) is 0 Å². The zero-order chi connectivity index (χ0) is 11.1. The number of aromatic nitrogens is 2. The van der Waals surface area contributed by atoms with Crippen molar-refractivity contribution < 1.29 is 0 Å². The molecular formula is C10H4N4S2. The summed E-state index contributed by atoms with van der Waals surface area (Å²) < 4.78 is 14.5. The fourth-order valence-electron chi connectivity index (χ4n) is 1.62. The van der Waals surface area contributed by atoms with Crippen molar-refractivity contribution in [1.29, 1.82) is 0 Å². The van der Waals surface area contributed by atoms with Crippen molar-refractivity contribution in [3.8, 4) is 24.7 Å². The first-order valence-corrected chi connectivity index (χ1v) is 5.84. The third-order valence-electron chi connectivity index (χ3n) is 2.31. The Labute approximate surface area is 100 Å². The summed E-state index contributed by atoms with van der Waals surface area (Å²) in [5.41, 5.74) is 4.43. The predicted octanol–water partition coefficient (Wildman–Crippen LogP) is 2.05. The zero-order valence-corrected chi connectivity index (χ0v) is 9.50. The van der Waals surface area contributed by atoms with Gasteiger partial charge in [0.1, 0.15) is 11.0 Å². The van der Waals surface area contributed by atoms with E-state index < -0.39 is 0 Å². The number of fused-ring (bicyclic) bond motifs is 2. The molecule has 0 unspecified atom stereocenters. The number of terminal acetylenes is 2. The van der Waals surface area contributed by atoms with Gasteiger partial charge in [0, 0.05) is 0 Å². The molecule has 1 aromatic carbocycles. The van der Waals surface area contributed by atoms with Crippen molar-refractivity contribution in [2.45, 2.75) is 0 Å². The largest absolute Gasteiger partial charge is 0.309 e. The van der Waals surface area contributed by atoms with Gasteiger partial charge in [0.2, 0.25) is 0 Å². The van der Waals surface area contributed by atoms with Crippen LogP contribution in [-0.4, -0.2) is 8.75 Å². The second kappa shape index (κ2) is 3.31. The average molecular weight is 244 g/mol. The van der Waals surface area contributed by atoms with Crippen LogP contribution in [0.25, 0.3) is 11.0 Å². The summed E-state index contributed by atoms with van der Waals surface area (Å²) in [5.74, 6) is 5.25. The first-order chi connectivity index (χ1) is 7.86. The van der Waals surface area contributed by atoms with E-state index in [4.69, 9.17) is 12.8 Å². The number of hydrogen-bond donors (Lipinski definition) is 2. The molecule has 0 atom stereocenters. The summed E-state index contributed by atoms with van der Waals surface area (Å²) in [6.07, 6.45) is 11.0. The fourth-order valence-corrected chi connectivity index (χ4v) is 2.84. The Morgan fingerprint density at radius 3 is 1.88 bits per heavy atom. The molecule has 4 nitrogen and oxygen atoms in total. The van der Waals surface area contributed by atoms with Gasteiger partial charge in [-0.2, -0.15) is 8.75 Å². The molecular weight excluding hydrogens is 240 g/mol. The van der Waals surface area contributed by atoms with Crippen LogP contribution in [0.4, 0.5) is 11.4 Å². The molecule has 2 N–H and O–H groups in total. The minimum atomic E-state index is 0.691. The van der Waals surface area contributed by atoms with Crippen LogP contribution in [0, 0.1) is 24.7 Å². The first-order valence-electron chi connectivity index (χ1n) is 4.30. The SMILES string of the molecule is C#Cc1c2c(c(C#C)c3nsnc13)NSN2. The van der Waals surface area contributed by atoms with Crippen molar-refractivity contribution >= 4 is 46.3 Å². The molecule has 76 valence electrons. The summed E-state index contributed by atoms with van der Waals surface area (Å²) in [7, 11) is 0. The Morgan fingerprint density at radius 2 is 1.44 bits per heavy atom. The number of benzene rings is 1. The Hall–Kier alpha value is -1.89. The van der Waals surface area contributed by atoms with Gasteiger partial charge >= 0.3 is 0 Å². The summed E-state index contributed by atoms with van der Waals surface area (Å²) in [5, 5.41) is 0. The highest BCUT2D eigenvalue weighted by molar-refractivity contribution is 8.02. The third kappa shape index (κ3) is 1.03. The lowest BCUT2D eigenvalue weighted by molar-refractivity contribution is 1.58. The molecule has 1 aromatic heterocycles. The molecule has 0 saturated carbocycles. The number of anilines is 2. The van der Waals surface area contributed by atoms with Crippen molar-refractivity contribution in [3.63, 3.8) is 0 Å². The Bertz CT molecular complexity index is 619. The van der Waals surface area contributed by atoms with E-state index in [9.17, 15) is 0 Å². The number of rotatable bonds is 0. The van der Waals surface area contributed by atoms with Crippen LogP contribution in [-0.2, 0) is 0 Å². The molecule has 0 bridgehead atoms. The van der Waals surface area contributed by atoms with Gasteiger partial charge in [0.05, 0.1) is 46.4 Å². The molecule has 1 aliphatic heterocycles. The molecule has 0 saturated heterocycles. The van der Waals surface area contributed by atoms with E-state index in [2.05, 4.69) is 30.0 Å². The second-order valence-electron chi connectivity index (χ2n) is 3.06. The highest BCUT2D eigenvalue weighted by Gasteiger charge is 2.24. The minimum Gasteiger partial charge on any atom is -0.309 e. The van der Waals surface area contributed by atoms with Gasteiger partial charge in [-0.15, -0.1) is 12.8 Å². The Morgan fingerprint density at radius 1 is 0.938 bits per heavy atom. The van der Waals surface area contributed by atoms with Crippen LogP contribution in [0.1, 0.15) is 11.1 Å². The zero-order valence-electron chi connectivity index (χ0n) is 7.87. The summed E-state index contributed by atoms with van der Waals surface area (Å²) >= 11 is 2.44. The van der Waals surface area contributed by atoms with Gasteiger partial charge in [0.15, 0.2) is 0 Å². The van der Waals surface area contributed by atoms with Crippen molar-refractivity contribution in [3.05, 3.63) is 11.1 Å². The van der Waals surface area contributed by atoms with E-state index in [1.165, 1.54) is 12.1 Å². The van der Waals surface area contributed by atoms with E-state index in [1.807, 2.05) is 0 Å². The monoisotopic (exact) mass is 244 g/mol. The fraction of sp³-hybridized carbons (Fsp3) is 0.